The fourth-order valence-corrected chi connectivity index (χ4v) is 4.05. The van der Waals surface area contributed by atoms with Gasteiger partial charge in [0, 0.05) is 28.6 Å². The van der Waals surface area contributed by atoms with Gasteiger partial charge in [0.25, 0.3) is 5.91 Å². The molecule has 0 spiro atoms. The number of carbonyl (C=O) groups is 2. The molecule has 1 atom stereocenters. The average Bonchev–Trinajstić information content (AvgIpc) is 2.68. The monoisotopic (exact) mass is 443 g/mol. The lowest BCUT2D eigenvalue weighted by Gasteiger charge is -2.30. The van der Waals surface area contributed by atoms with Crippen LogP contribution < -0.4 is 16.4 Å². The number of amidine groups is 1. The Bertz CT molecular complexity index is 1050. The largest absolute Gasteiger partial charge is 0.379 e. The summed E-state index contributed by atoms with van der Waals surface area (Å²) in [5, 5.41) is 5.87. The highest BCUT2D eigenvalue weighted by atomic mass is 32.2. The Morgan fingerprint density at radius 2 is 1.97 bits per heavy atom. The number of thioether (sulfide) groups is 1. The lowest BCUT2D eigenvalue weighted by molar-refractivity contribution is -0.123. The summed E-state index contributed by atoms with van der Waals surface area (Å²) in [5.74, 6) is -0.251. The molecule has 3 rings (SSSR count). The zero-order chi connectivity index (χ0) is 22.8. The molecule has 0 saturated heterocycles. The molecule has 9 heteroatoms. The molecule has 2 heterocycles. The van der Waals surface area contributed by atoms with Crippen LogP contribution in [0, 0.1) is 11.2 Å². The van der Waals surface area contributed by atoms with Gasteiger partial charge in [-0.1, -0.05) is 32.5 Å². The summed E-state index contributed by atoms with van der Waals surface area (Å²) < 4.78 is 14.6. The Kier molecular flexibility index (Phi) is 6.35. The first-order chi connectivity index (χ1) is 14.5. The van der Waals surface area contributed by atoms with Crippen molar-refractivity contribution < 1.29 is 14.0 Å². The second kappa shape index (κ2) is 8.66. The Balaban J connectivity index is 1.87. The molecule has 4 N–H and O–H groups in total. The zero-order valence-electron chi connectivity index (χ0n) is 18.0. The minimum Gasteiger partial charge on any atom is -0.379 e. The van der Waals surface area contributed by atoms with Gasteiger partial charge in [0.15, 0.2) is 5.17 Å². The SMILES string of the molecule is CC(C)(C)C(=O)Nc1ncccc1C(=O)Nc1ccc(F)c(C2(C)CCSC(N)=N2)c1. The molecule has 1 aliphatic rings. The predicted molar refractivity (Wildman–Crippen MR) is 123 cm³/mol. The number of hydrogen-bond donors (Lipinski definition) is 3. The summed E-state index contributed by atoms with van der Waals surface area (Å²) in [4.78, 5) is 33.8. The van der Waals surface area contributed by atoms with Gasteiger partial charge in [0.1, 0.15) is 11.6 Å². The number of benzene rings is 1. The molecule has 1 unspecified atom stereocenters. The van der Waals surface area contributed by atoms with E-state index in [0.29, 0.717) is 22.8 Å². The van der Waals surface area contributed by atoms with Crippen molar-refractivity contribution in [2.75, 3.05) is 16.4 Å². The first-order valence-corrected chi connectivity index (χ1v) is 10.8. The van der Waals surface area contributed by atoms with Gasteiger partial charge < -0.3 is 16.4 Å². The second-order valence-electron chi connectivity index (χ2n) is 8.57. The number of aliphatic imine (C=N–C) groups is 1. The van der Waals surface area contributed by atoms with E-state index in [0.717, 1.165) is 5.75 Å². The van der Waals surface area contributed by atoms with Crippen molar-refractivity contribution in [3.63, 3.8) is 0 Å². The van der Waals surface area contributed by atoms with E-state index in [1.54, 1.807) is 39.0 Å². The van der Waals surface area contributed by atoms with E-state index in [2.05, 4.69) is 20.6 Å². The van der Waals surface area contributed by atoms with Crippen molar-refractivity contribution in [1.29, 1.82) is 0 Å². The van der Waals surface area contributed by atoms with Gasteiger partial charge in [0.2, 0.25) is 5.91 Å². The number of rotatable bonds is 4. The summed E-state index contributed by atoms with van der Waals surface area (Å²) in [6, 6.07) is 7.53. The summed E-state index contributed by atoms with van der Waals surface area (Å²) in [6.45, 7) is 7.13. The van der Waals surface area contributed by atoms with E-state index < -0.39 is 22.7 Å². The van der Waals surface area contributed by atoms with Crippen LogP contribution in [0.2, 0.25) is 0 Å². The first-order valence-electron chi connectivity index (χ1n) is 9.85. The van der Waals surface area contributed by atoms with Crippen LogP contribution >= 0.6 is 11.8 Å². The number of aromatic nitrogens is 1. The number of halogens is 1. The number of nitrogens with zero attached hydrogens (tertiary/aromatic N) is 2. The molecular weight excluding hydrogens is 417 g/mol. The van der Waals surface area contributed by atoms with Crippen LogP contribution in [0.4, 0.5) is 15.9 Å². The predicted octanol–water partition coefficient (Wildman–Crippen LogP) is 4.12. The fraction of sp³-hybridized carbons (Fsp3) is 0.364. The summed E-state index contributed by atoms with van der Waals surface area (Å²) in [6.07, 6.45) is 2.12. The highest BCUT2D eigenvalue weighted by Crippen LogP contribution is 2.37. The maximum absolute atomic E-state index is 14.6. The third-order valence-corrected chi connectivity index (χ3v) is 5.76. The minimum absolute atomic E-state index is 0.163. The number of amides is 2. The summed E-state index contributed by atoms with van der Waals surface area (Å²) >= 11 is 1.44. The average molecular weight is 444 g/mol. The van der Waals surface area contributed by atoms with Gasteiger partial charge in [-0.15, -0.1) is 0 Å². The molecule has 0 saturated carbocycles. The number of carbonyl (C=O) groups excluding carboxylic acids is 2. The molecular formula is C22H26FN5O2S. The maximum Gasteiger partial charge on any atom is 0.259 e. The lowest BCUT2D eigenvalue weighted by Crippen LogP contribution is -2.30. The van der Waals surface area contributed by atoms with Gasteiger partial charge in [-0.25, -0.2) is 9.37 Å². The van der Waals surface area contributed by atoms with Crippen molar-refractivity contribution in [3.8, 4) is 0 Å². The first kappa shape index (κ1) is 22.7. The van der Waals surface area contributed by atoms with E-state index in [1.807, 2.05) is 6.92 Å². The topological polar surface area (TPSA) is 109 Å². The molecule has 31 heavy (non-hydrogen) atoms. The molecule has 0 radical (unpaired) electrons. The van der Waals surface area contributed by atoms with Crippen LogP contribution in [0.3, 0.4) is 0 Å². The second-order valence-corrected chi connectivity index (χ2v) is 9.69. The molecule has 2 aromatic rings. The highest BCUT2D eigenvalue weighted by molar-refractivity contribution is 8.13. The quantitative estimate of drug-likeness (QED) is 0.658. The van der Waals surface area contributed by atoms with Crippen LogP contribution in [0.5, 0.6) is 0 Å². The van der Waals surface area contributed by atoms with E-state index in [4.69, 9.17) is 5.73 Å². The van der Waals surface area contributed by atoms with Gasteiger partial charge in [-0.05, 0) is 43.7 Å². The molecule has 0 bridgehead atoms. The van der Waals surface area contributed by atoms with Crippen molar-refractivity contribution >= 4 is 40.2 Å². The van der Waals surface area contributed by atoms with Crippen molar-refractivity contribution in [3.05, 3.63) is 53.5 Å². The van der Waals surface area contributed by atoms with Crippen LogP contribution in [-0.4, -0.2) is 27.7 Å². The number of hydrogen-bond acceptors (Lipinski definition) is 6. The third-order valence-electron chi connectivity index (χ3n) is 4.97. The van der Waals surface area contributed by atoms with E-state index in [-0.39, 0.29) is 17.3 Å². The van der Waals surface area contributed by atoms with E-state index >= 15 is 0 Å². The molecule has 0 aliphatic carbocycles. The molecule has 164 valence electrons. The van der Waals surface area contributed by atoms with Crippen molar-refractivity contribution in [2.45, 2.75) is 39.7 Å². The van der Waals surface area contributed by atoms with Gasteiger partial charge in [-0.3, -0.25) is 14.6 Å². The van der Waals surface area contributed by atoms with Gasteiger partial charge >= 0.3 is 0 Å². The number of pyridine rings is 1. The molecule has 0 fully saturated rings. The molecule has 7 nitrogen and oxygen atoms in total. The lowest BCUT2D eigenvalue weighted by atomic mass is 9.89. The van der Waals surface area contributed by atoms with Gasteiger partial charge in [0.05, 0.1) is 11.1 Å². The maximum atomic E-state index is 14.6. The zero-order valence-corrected chi connectivity index (χ0v) is 18.8. The van der Waals surface area contributed by atoms with Crippen LogP contribution in [-0.2, 0) is 10.3 Å². The molecule has 2 amide bonds. The molecule has 1 aromatic carbocycles. The van der Waals surface area contributed by atoms with Crippen molar-refractivity contribution in [2.24, 2.45) is 16.1 Å². The van der Waals surface area contributed by atoms with Gasteiger partial charge in [-0.2, -0.15) is 0 Å². The normalized spacial score (nSPS) is 18.8. The Labute approximate surface area is 185 Å². The minimum atomic E-state index is -0.805. The Morgan fingerprint density at radius 1 is 1.23 bits per heavy atom. The smallest absolute Gasteiger partial charge is 0.259 e. The van der Waals surface area contributed by atoms with Crippen LogP contribution in [0.15, 0.2) is 41.5 Å². The van der Waals surface area contributed by atoms with Crippen molar-refractivity contribution in [1.82, 2.24) is 4.98 Å². The molecule has 1 aliphatic heterocycles. The van der Waals surface area contributed by atoms with Crippen LogP contribution in [0.1, 0.15) is 50.0 Å². The standard InChI is InChI=1S/C22H26FN5O2S/c1-21(2,3)19(30)27-17-14(6-5-10-25-17)18(29)26-13-7-8-16(23)15(12-13)22(4)9-11-31-20(24)28-22/h5-8,10,12H,9,11H2,1-4H3,(H2,24,28)(H,26,29)(H,25,27,30). The number of anilines is 2. The third kappa shape index (κ3) is 5.22. The fourth-order valence-electron chi connectivity index (χ4n) is 3.08. The number of nitrogens with two attached hydrogens (primary N) is 1. The van der Waals surface area contributed by atoms with E-state index in [1.165, 1.54) is 30.1 Å². The number of nitrogens with one attached hydrogen (secondary N) is 2. The summed E-state index contributed by atoms with van der Waals surface area (Å²) in [5.41, 5.74) is 5.38. The summed E-state index contributed by atoms with van der Waals surface area (Å²) in [7, 11) is 0. The molecule has 1 aromatic heterocycles. The van der Waals surface area contributed by atoms with E-state index in [9.17, 15) is 14.0 Å². The Hall–Kier alpha value is -2.94. The van der Waals surface area contributed by atoms with Crippen LogP contribution in [0.25, 0.3) is 0 Å². The highest BCUT2D eigenvalue weighted by Gasteiger charge is 2.32. The Morgan fingerprint density at radius 3 is 2.65 bits per heavy atom.